The largest absolute Gasteiger partial charge is 0.325 e. The van der Waals surface area contributed by atoms with Gasteiger partial charge in [0.1, 0.15) is 0 Å². The zero-order valence-electron chi connectivity index (χ0n) is 10.2. The number of hydrogen-bond donors (Lipinski definition) is 2. The van der Waals surface area contributed by atoms with Crippen LogP contribution in [-0.2, 0) is 4.79 Å². The molecule has 1 amide bonds. The van der Waals surface area contributed by atoms with Crippen LogP contribution in [0.3, 0.4) is 0 Å². The maximum atomic E-state index is 11.7. The molecule has 2 N–H and O–H groups in total. The van der Waals surface area contributed by atoms with Crippen LogP contribution in [-0.4, -0.2) is 18.5 Å². The van der Waals surface area contributed by atoms with Crippen molar-refractivity contribution in [3.8, 4) is 0 Å². The van der Waals surface area contributed by atoms with Crippen molar-refractivity contribution in [2.75, 3.05) is 11.9 Å². The number of rotatable bonds is 5. The molecule has 18 heavy (non-hydrogen) atoms. The highest BCUT2D eigenvalue weighted by Gasteiger charge is 2.20. The summed E-state index contributed by atoms with van der Waals surface area (Å²) in [5, 5.41) is 7.18. The Morgan fingerprint density at radius 2 is 2.06 bits per heavy atom. The number of anilines is 1. The fraction of sp³-hybridized carbons (Fsp3) is 0.462. The molecule has 1 saturated carbocycles. The van der Waals surface area contributed by atoms with Crippen LogP contribution in [0.25, 0.3) is 0 Å². The molecule has 0 unspecified atom stereocenters. The molecule has 0 aromatic heterocycles. The van der Waals surface area contributed by atoms with Crippen molar-refractivity contribution in [3.63, 3.8) is 0 Å². The zero-order valence-corrected chi connectivity index (χ0v) is 11.7. The van der Waals surface area contributed by atoms with Crippen LogP contribution >= 0.6 is 23.2 Å². The molecule has 1 aliphatic carbocycles. The van der Waals surface area contributed by atoms with Crippen molar-refractivity contribution in [2.45, 2.75) is 32.2 Å². The van der Waals surface area contributed by atoms with Crippen LogP contribution in [0.2, 0.25) is 10.0 Å². The molecule has 0 spiro atoms. The average molecular weight is 287 g/mol. The Morgan fingerprint density at radius 3 is 2.72 bits per heavy atom. The molecule has 3 nitrogen and oxygen atoms in total. The van der Waals surface area contributed by atoms with Crippen LogP contribution in [0.4, 0.5) is 5.69 Å². The molecule has 0 saturated heterocycles. The third-order valence-corrected chi connectivity index (χ3v) is 3.60. The highest BCUT2D eigenvalue weighted by Crippen LogP contribution is 2.28. The summed E-state index contributed by atoms with van der Waals surface area (Å²) in [6.45, 7) is 2.58. The molecule has 2 rings (SSSR count). The molecule has 0 bridgehead atoms. The van der Waals surface area contributed by atoms with Gasteiger partial charge < -0.3 is 10.6 Å². The Bertz CT molecular complexity index is 459. The van der Waals surface area contributed by atoms with Gasteiger partial charge in [0.2, 0.25) is 5.91 Å². The lowest BCUT2D eigenvalue weighted by Crippen LogP contribution is -2.23. The van der Waals surface area contributed by atoms with E-state index in [2.05, 4.69) is 10.6 Å². The summed E-state index contributed by atoms with van der Waals surface area (Å²) in [4.78, 5) is 11.7. The smallest absolute Gasteiger partial charge is 0.225 e. The van der Waals surface area contributed by atoms with E-state index in [1.807, 2.05) is 6.92 Å². The van der Waals surface area contributed by atoms with Gasteiger partial charge in [0.25, 0.3) is 0 Å². The lowest BCUT2D eigenvalue weighted by molar-refractivity contribution is -0.116. The van der Waals surface area contributed by atoms with Crippen LogP contribution in [0.5, 0.6) is 0 Å². The van der Waals surface area contributed by atoms with Gasteiger partial charge in [-0.3, -0.25) is 4.79 Å². The third kappa shape index (κ3) is 3.87. The number of benzene rings is 1. The highest BCUT2D eigenvalue weighted by molar-refractivity contribution is 6.36. The van der Waals surface area contributed by atoms with E-state index in [1.165, 1.54) is 12.8 Å². The zero-order chi connectivity index (χ0) is 13.1. The van der Waals surface area contributed by atoms with E-state index in [0.717, 1.165) is 5.56 Å². The van der Waals surface area contributed by atoms with E-state index in [-0.39, 0.29) is 5.91 Å². The maximum Gasteiger partial charge on any atom is 0.225 e. The number of halogens is 2. The predicted molar refractivity (Wildman–Crippen MR) is 75.5 cm³/mol. The summed E-state index contributed by atoms with van der Waals surface area (Å²) in [6, 6.07) is 4.06. The number of carbonyl (C=O) groups is 1. The predicted octanol–water partition coefficient (Wildman–Crippen LogP) is 3.38. The van der Waals surface area contributed by atoms with Gasteiger partial charge in [0, 0.05) is 24.0 Å². The highest BCUT2D eigenvalue weighted by atomic mass is 35.5. The van der Waals surface area contributed by atoms with Gasteiger partial charge in [-0.15, -0.1) is 0 Å². The van der Waals surface area contributed by atoms with Gasteiger partial charge in [-0.2, -0.15) is 0 Å². The number of aryl methyl sites for hydroxylation is 1. The average Bonchev–Trinajstić information content (AvgIpc) is 3.10. The molecule has 1 aromatic carbocycles. The lowest BCUT2D eigenvalue weighted by atomic mass is 10.2. The first kappa shape index (κ1) is 13.7. The van der Waals surface area contributed by atoms with Crippen molar-refractivity contribution >= 4 is 34.8 Å². The van der Waals surface area contributed by atoms with Crippen LogP contribution in [0, 0.1) is 6.92 Å². The molecule has 0 heterocycles. The fourth-order valence-electron chi connectivity index (χ4n) is 1.63. The minimum Gasteiger partial charge on any atom is -0.325 e. The summed E-state index contributed by atoms with van der Waals surface area (Å²) in [6.07, 6.45) is 2.89. The Morgan fingerprint density at radius 1 is 1.33 bits per heavy atom. The number of nitrogens with one attached hydrogen (secondary N) is 2. The molecule has 0 atom stereocenters. The Labute approximate surface area is 117 Å². The second kappa shape index (κ2) is 5.91. The normalized spacial score (nSPS) is 14.6. The van der Waals surface area contributed by atoms with Crippen molar-refractivity contribution < 1.29 is 4.79 Å². The van der Waals surface area contributed by atoms with E-state index in [1.54, 1.807) is 12.1 Å². The fourth-order valence-corrected chi connectivity index (χ4v) is 2.06. The van der Waals surface area contributed by atoms with Crippen molar-refractivity contribution in [3.05, 3.63) is 27.7 Å². The van der Waals surface area contributed by atoms with Crippen molar-refractivity contribution in [1.29, 1.82) is 0 Å². The molecule has 98 valence electrons. The van der Waals surface area contributed by atoms with E-state index in [4.69, 9.17) is 23.2 Å². The van der Waals surface area contributed by atoms with Gasteiger partial charge in [-0.1, -0.05) is 23.2 Å². The first-order chi connectivity index (χ1) is 8.56. The summed E-state index contributed by atoms with van der Waals surface area (Å²) in [5.74, 6) is -0.0510. The van der Waals surface area contributed by atoms with Crippen LogP contribution in [0.1, 0.15) is 24.8 Å². The monoisotopic (exact) mass is 286 g/mol. The first-order valence-electron chi connectivity index (χ1n) is 6.05. The molecule has 0 aliphatic heterocycles. The molecular weight excluding hydrogens is 271 g/mol. The Hall–Kier alpha value is -0.770. The molecule has 0 radical (unpaired) electrons. The molecule has 1 aliphatic rings. The van der Waals surface area contributed by atoms with Gasteiger partial charge >= 0.3 is 0 Å². The van der Waals surface area contributed by atoms with Crippen molar-refractivity contribution in [1.82, 2.24) is 5.32 Å². The van der Waals surface area contributed by atoms with Gasteiger partial charge in [-0.25, -0.2) is 0 Å². The topological polar surface area (TPSA) is 41.1 Å². The van der Waals surface area contributed by atoms with Crippen LogP contribution in [0.15, 0.2) is 12.1 Å². The van der Waals surface area contributed by atoms with Gasteiger partial charge in [0.05, 0.1) is 10.7 Å². The summed E-state index contributed by atoms with van der Waals surface area (Å²) >= 11 is 12.1. The first-order valence-corrected chi connectivity index (χ1v) is 6.80. The van der Waals surface area contributed by atoms with E-state index in [9.17, 15) is 4.79 Å². The Kier molecular flexibility index (Phi) is 4.49. The summed E-state index contributed by atoms with van der Waals surface area (Å²) in [7, 11) is 0. The SMILES string of the molecule is Cc1cc(Cl)c(NC(=O)CCNC2CC2)cc1Cl. The quantitative estimate of drug-likeness (QED) is 0.871. The van der Waals surface area contributed by atoms with E-state index in [0.29, 0.717) is 34.7 Å². The Balaban J connectivity index is 1.87. The molecular formula is C13H16Cl2N2O. The van der Waals surface area contributed by atoms with Crippen LogP contribution < -0.4 is 10.6 Å². The lowest BCUT2D eigenvalue weighted by Gasteiger charge is -2.09. The molecule has 5 heteroatoms. The minimum absolute atomic E-state index is 0.0510. The molecule has 1 fully saturated rings. The number of carbonyl (C=O) groups excluding carboxylic acids is 1. The number of hydrogen-bond acceptors (Lipinski definition) is 2. The van der Waals surface area contributed by atoms with Crippen molar-refractivity contribution in [2.24, 2.45) is 0 Å². The van der Waals surface area contributed by atoms with Gasteiger partial charge in [0.15, 0.2) is 0 Å². The second-order valence-corrected chi connectivity index (χ2v) is 5.42. The maximum absolute atomic E-state index is 11.7. The van der Waals surface area contributed by atoms with E-state index < -0.39 is 0 Å². The summed E-state index contributed by atoms with van der Waals surface area (Å²) in [5.41, 5.74) is 1.47. The van der Waals surface area contributed by atoms with Gasteiger partial charge in [-0.05, 0) is 37.5 Å². The third-order valence-electron chi connectivity index (χ3n) is 2.88. The molecule has 1 aromatic rings. The second-order valence-electron chi connectivity index (χ2n) is 4.61. The standard InChI is InChI=1S/C13H16Cl2N2O/c1-8-6-11(15)12(7-10(8)14)17-13(18)4-5-16-9-2-3-9/h6-7,9,16H,2-5H2,1H3,(H,17,18). The summed E-state index contributed by atoms with van der Waals surface area (Å²) < 4.78 is 0. The number of amides is 1. The minimum atomic E-state index is -0.0510. The van der Waals surface area contributed by atoms with E-state index >= 15 is 0 Å².